The summed E-state index contributed by atoms with van der Waals surface area (Å²) < 4.78 is 4.86. The maximum absolute atomic E-state index is 11.6. The van der Waals surface area contributed by atoms with Crippen molar-refractivity contribution in [2.75, 3.05) is 7.05 Å². The molecule has 0 radical (unpaired) electrons. The summed E-state index contributed by atoms with van der Waals surface area (Å²) in [5.74, 6) is -1.57. The highest BCUT2D eigenvalue weighted by molar-refractivity contribution is 6.30. The van der Waals surface area contributed by atoms with Gasteiger partial charge in [0.05, 0.1) is 5.02 Å². The largest absolute Gasteiger partial charge is 0.480 e. The van der Waals surface area contributed by atoms with Crippen LogP contribution in [-0.4, -0.2) is 35.0 Å². The standard InChI is InChI=1S/C9H10ClNO4/c1-5(9(13)14)11(2)8(12)7-3-6(10)4-15-7/h3-5H,1-2H3,(H,13,14). The van der Waals surface area contributed by atoms with E-state index in [4.69, 9.17) is 21.1 Å². The van der Waals surface area contributed by atoms with Gasteiger partial charge in [0.1, 0.15) is 12.3 Å². The van der Waals surface area contributed by atoms with E-state index >= 15 is 0 Å². The number of carbonyl (C=O) groups is 2. The van der Waals surface area contributed by atoms with Gasteiger partial charge in [-0.15, -0.1) is 0 Å². The molecule has 1 aromatic rings. The highest BCUT2D eigenvalue weighted by atomic mass is 35.5. The van der Waals surface area contributed by atoms with E-state index in [0.29, 0.717) is 5.02 Å². The van der Waals surface area contributed by atoms with Crippen LogP contribution in [0, 0.1) is 0 Å². The number of likely N-dealkylation sites (N-methyl/N-ethyl adjacent to an activating group) is 1. The van der Waals surface area contributed by atoms with Crippen LogP contribution in [0.3, 0.4) is 0 Å². The molecule has 0 saturated heterocycles. The predicted octanol–water partition coefficient (Wildman–Crippen LogP) is 1.48. The second-order valence-corrected chi connectivity index (χ2v) is 3.50. The lowest BCUT2D eigenvalue weighted by Gasteiger charge is -2.19. The molecule has 1 unspecified atom stereocenters. The number of carboxylic acids is 1. The molecule has 0 aliphatic heterocycles. The number of nitrogens with zero attached hydrogens (tertiary/aromatic N) is 1. The lowest BCUT2D eigenvalue weighted by atomic mass is 10.3. The van der Waals surface area contributed by atoms with Gasteiger partial charge < -0.3 is 14.4 Å². The van der Waals surface area contributed by atoms with Crippen LogP contribution in [0.5, 0.6) is 0 Å². The maximum Gasteiger partial charge on any atom is 0.326 e. The zero-order chi connectivity index (χ0) is 11.6. The summed E-state index contributed by atoms with van der Waals surface area (Å²) in [5, 5.41) is 9.00. The predicted molar refractivity (Wildman–Crippen MR) is 52.9 cm³/mol. The molecule has 0 bridgehead atoms. The first-order valence-electron chi connectivity index (χ1n) is 4.17. The quantitative estimate of drug-likeness (QED) is 0.855. The number of hydrogen-bond donors (Lipinski definition) is 1. The highest BCUT2D eigenvalue weighted by Crippen LogP contribution is 2.15. The first-order valence-corrected chi connectivity index (χ1v) is 4.55. The molecule has 1 N–H and O–H groups in total. The second kappa shape index (κ2) is 4.35. The Kier molecular flexibility index (Phi) is 3.36. The van der Waals surface area contributed by atoms with E-state index in [0.717, 1.165) is 4.90 Å². The summed E-state index contributed by atoms with van der Waals surface area (Å²) in [6.45, 7) is 1.41. The SMILES string of the molecule is CC(C(=O)O)N(C)C(=O)c1cc(Cl)co1. The van der Waals surface area contributed by atoms with Crippen molar-refractivity contribution in [3.05, 3.63) is 23.1 Å². The third-order valence-corrected chi connectivity index (χ3v) is 2.24. The Hall–Kier alpha value is -1.49. The van der Waals surface area contributed by atoms with Gasteiger partial charge in [-0.3, -0.25) is 4.79 Å². The van der Waals surface area contributed by atoms with Gasteiger partial charge in [-0.2, -0.15) is 0 Å². The van der Waals surface area contributed by atoms with E-state index in [1.807, 2.05) is 0 Å². The molecule has 0 aliphatic carbocycles. The van der Waals surface area contributed by atoms with Crippen LogP contribution < -0.4 is 0 Å². The molecule has 15 heavy (non-hydrogen) atoms. The molecule has 0 spiro atoms. The minimum atomic E-state index is -1.08. The Balaban J connectivity index is 2.81. The first kappa shape index (κ1) is 11.6. The number of furan rings is 1. The van der Waals surface area contributed by atoms with E-state index in [-0.39, 0.29) is 5.76 Å². The van der Waals surface area contributed by atoms with E-state index in [1.54, 1.807) is 0 Å². The molecular weight excluding hydrogens is 222 g/mol. The summed E-state index contributed by atoms with van der Waals surface area (Å²) in [5.41, 5.74) is 0. The zero-order valence-corrected chi connectivity index (χ0v) is 8.99. The fourth-order valence-electron chi connectivity index (χ4n) is 0.941. The Bertz CT molecular complexity index is 387. The number of halogens is 1. The molecule has 1 rings (SSSR count). The van der Waals surface area contributed by atoms with Crippen LogP contribution in [0.2, 0.25) is 5.02 Å². The number of amides is 1. The highest BCUT2D eigenvalue weighted by Gasteiger charge is 2.24. The van der Waals surface area contributed by atoms with Crippen molar-refractivity contribution < 1.29 is 19.1 Å². The Morgan fingerprint density at radius 1 is 1.60 bits per heavy atom. The second-order valence-electron chi connectivity index (χ2n) is 3.06. The lowest BCUT2D eigenvalue weighted by Crippen LogP contribution is -2.40. The lowest BCUT2D eigenvalue weighted by molar-refractivity contribution is -0.141. The van der Waals surface area contributed by atoms with Gasteiger partial charge in [-0.1, -0.05) is 11.6 Å². The van der Waals surface area contributed by atoms with E-state index in [9.17, 15) is 9.59 Å². The summed E-state index contributed by atoms with van der Waals surface area (Å²) in [4.78, 5) is 23.3. The third-order valence-electron chi connectivity index (χ3n) is 2.04. The van der Waals surface area contributed by atoms with Gasteiger partial charge in [0, 0.05) is 13.1 Å². The first-order chi connectivity index (χ1) is 6.93. The minimum Gasteiger partial charge on any atom is -0.480 e. The maximum atomic E-state index is 11.6. The van der Waals surface area contributed by atoms with Crippen molar-refractivity contribution in [3.8, 4) is 0 Å². The third kappa shape index (κ3) is 2.50. The molecule has 0 aliphatic rings. The molecule has 0 fully saturated rings. The molecule has 82 valence electrons. The topological polar surface area (TPSA) is 70.8 Å². The van der Waals surface area contributed by atoms with Gasteiger partial charge >= 0.3 is 5.97 Å². The van der Waals surface area contributed by atoms with Crippen molar-refractivity contribution in [1.82, 2.24) is 4.90 Å². The Labute approximate surface area is 91.2 Å². The van der Waals surface area contributed by atoms with Crippen LogP contribution in [0.15, 0.2) is 16.7 Å². The number of aliphatic carboxylic acids is 1. The number of carboxylic acid groups (broad SMARTS) is 1. The van der Waals surface area contributed by atoms with E-state index < -0.39 is 17.9 Å². The van der Waals surface area contributed by atoms with Crippen LogP contribution in [0.4, 0.5) is 0 Å². The molecule has 1 amide bonds. The number of rotatable bonds is 3. The molecular formula is C9H10ClNO4. The van der Waals surface area contributed by atoms with Crippen LogP contribution in [-0.2, 0) is 4.79 Å². The average Bonchev–Trinajstić information content (AvgIpc) is 2.61. The molecule has 5 nitrogen and oxygen atoms in total. The number of carbonyl (C=O) groups excluding carboxylic acids is 1. The zero-order valence-electron chi connectivity index (χ0n) is 8.23. The summed E-state index contributed by atoms with van der Waals surface area (Å²) >= 11 is 5.57. The summed E-state index contributed by atoms with van der Waals surface area (Å²) in [6.07, 6.45) is 1.22. The van der Waals surface area contributed by atoms with Crippen molar-refractivity contribution in [2.45, 2.75) is 13.0 Å². The van der Waals surface area contributed by atoms with E-state index in [1.165, 1.54) is 26.3 Å². The van der Waals surface area contributed by atoms with Gasteiger partial charge in [0.25, 0.3) is 5.91 Å². The fraction of sp³-hybridized carbons (Fsp3) is 0.333. The summed E-state index contributed by atoms with van der Waals surface area (Å²) in [7, 11) is 1.39. The van der Waals surface area contributed by atoms with Crippen molar-refractivity contribution in [2.24, 2.45) is 0 Å². The average molecular weight is 232 g/mol. The van der Waals surface area contributed by atoms with Gasteiger partial charge in [0.15, 0.2) is 5.76 Å². The Morgan fingerprint density at radius 2 is 2.20 bits per heavy atom. The smallest absolute Gasteiger partial charge is 0.326 e. The van der Waals surface area contributed by atoms with Gasteiger partial charge in [0.2, 0.25) is 0 Å². The fourth-order valence-corrected chi connectivity index (χ4v) is 1.08. The summed E-state index contributed by atoms with van der Waals surface area (Å²) in [6, 6.07) is 0.427. The van der Waals surface area contributed by atoms with Crippen molar-refractivity contribution in [3.63, 3.8) is 0 Å². The molecule has 1 atom stereocenters. The molecule has 0 aromatic carbocycles. The van der Waals surface area contributed by atoms with Crippen LogP contribution in [0.25, 0.3) is 0 Å². The number of hydrogen-bond acceptors (Lipinski definition) is 3. The molecule has 6 heteroatoms. The Morgan fingerprint density at radius 3 is 2.60 bits per heavy atom. The van der Waals surface area contributed by atoms with Crippen molar-refractivity contribution in [1.29, 1.82) is 0 Å². The van der Waals surface area contributed by atoms with Crippen LogP contribution in [0.1, 0.15) is 17.5 Å². The molecule has 1 heterocycles. The van der Waals surface area contributed by atoms with Gasteiger partial charge in [-0.25, -0.2) is 4.79 Å². The monoisotopic (exact) mass is 231 g/mol. The van der Waals surface area contributed by atoms with Gasteiger partial charge in [-0.05, 0) is 6.92 Å². The van der Waals surface area contributed by atoms with E-state index in [2.05, 4.69) is 0 Å². The molecule has 0 saturated carbocycles. The van der Waals surface area contributed by atoms with Crippen molar-refractivity contribution >= 4 is 23.5 Å². The normalized spacial score (nSPS) is 12.2. The van der Waals surface area contributed by atoms with Crippen LogP contribution >= 0.6 is 11.6 Å². The minimum absolute atomic E-state index is 0.0237. The molecule has 1 aromatic heterocycles.